The van der Waals surface area contributed by atoms with Crippen molar-refractivity contribution in [2.45, 2.75) is 127 Å². The van der Waals surface area contributed by atoms with Crippen LogP contribution in [0.15, 0.2) is 0 Å². The molecule has 0 saturated heterocycles. The molecule has 0 bridgehead atoms. The van der Waals surface area contributed by atoms with Crippen molar-refractivity contribution in [3.63, 3.8) is 0 Å². The van der Waals surface area contributed by atoms with E-state index < -0.39 is 32.3 Å². The Labute approximate surface area is 209 Å². The summed E-state index contributed by atoms with van der Waals surface area (Å²) in [6, 6.07) is 0. The van der Waals surface area contributed by atoms with Crippen molar-refractivity contribution in [1.29, 1.82) is 0 Å². The summed E-state index contributed by atoms with van der Waals surface area (Å²) in [4.78, 5) is 2.34. The second-order valence-electron chi connectivity index (χ2n) is 13.8. The molecule has 0 heterocycles. The molecule has 0 nitrogen and oxygen atoms in total. The first kappa shape index (κ1) is 33.5. The topological polar surface area (TPSA) is 0 Å². The van der Waals surface area contributed by atoms with Gasteiger partial charge in [0.1, 0.15) is 0 Å². The van der Waals surface area contributed by atoms with E-state index in [0.29, 0.717) is 0 Å². The number of rotatable bonds is 10. The second-order valence-corrected chi connectivity index (χ2v) is 53.8. The van der Waals surface area contributed by atoms with E-state index >= 15 is 0 Å². The molecular formula is C20H52LiSi8. The van der Waals surface area contributed by atoms with Crippen molar-refractivity contribution in [2.24, 2.45) is 0 Å². The van der Waals surface area contributed by atoms with Crippen LogP contribution in [0, 0.1) is 0 Å². The first-order valence-electron chi connectivity index (χ1n) is 11.4. The Morgan fingerprint density at radius 3 is 1.07 bits per heavy atom. The summed E-state index contributed by atoms with van der Waals surface area (Å²) < 4.78 is 0. The van der Waals surface area contributed by atoms with Crippen LogP contribution < -0.4 is 18.9 Å². The van der Waals surface area contributed by atoms with Gasteiger partial charge in [-0.05, 0) is 0 Å². The van der Waals surface area contributed by atoms with Crippen LogP contribution in [0.5, 0.6) is 0 Å². The van der Waals surface area contributed by atoms with E-state index in [1.54, 1.807) is 0 Å². The average molecular weight is 524 g/mol. The molecule has 0 aliphatic carbocycles. The number of hydrogen-bond acceptors (Lipinski definition) is 0. The van der Waals surface area contributed by atoms with Gasteiger partial charge in [-0.2, -0.15) is 0 Å². The summed E-state index contributed by atoms with van der Waals surface area (Å²) in [5, 5.41) is 0. The van der Waals surface area contributed by atoms with Gasteiger partial charge in [0.15, 0.2) is 0 Å². The van der Waals surface area contributed by atoms with E-state index in [0.717, 1.165) is 11.1 Å². The zero-order chi connectivity index (χ0) is 22.9. The molecule has 0 aromatic carbocycles. The Kier molecular flexibility index (Phi) is 14.0. The fraction of sp³-hybridized carbons (Fsp3) is 1.00. The Bertz CT molecular complexity index is 433. The summed E-state index contributed by atoms with van der Waals surface area (Å²) in [6.45, 7) is 42.7. The molecule has 0 saturated carbocycles. The molecule has 29 heavy (non-hydrogen) atoms. The summed E-state index contributed by atoms with van der Waals surface area (Å²) in [7, 11) is -2.21. The van der Waals surface area contributed by atoms with E-state index in [9.17, 15) is 0 Å². The van der Waals surface area contributed by atoms with Gasteiger partial charge in [0.25, 0.3) is 0 Å². The minimum Gasteiger partial charge on any atom is -0.468 e. The summed E-state index contributed by atoms with van der Waals surface area (Å²) in [5.74, 6) is 0. The molecule has 0 aliphatic heterocycles. The van der Waals surface area contributed by atoms with Crippen LogP contribution in [0.3, 0.4) is 0 Å². The SMILES string of the molecule is CC(C)[Si]([Si]=[Si-][Si](C(C)C)C([Si](C)(C)C)[Si](C)(C)C)C([Si](C)(C)C)[Si](C)(C)C.[Li+]. The molecule has 0 aliphatic rings. The fourth-order valence-corrected chi connectivity index (χ4v) is 92.9. The van der Waals surface area contributed by atoms with Crippen LogP contribution in [-0.4, -0.2) is 65.2 Å². The van der Waals surface area contributed by atoms with Gasteiger partial charge in [-0.15, -0.1) is 8.31 Å². The standard InChI is InChI=1S/C20H52Si8.Li/c1-17(2)23(19(25(5,6)7)26(8,9)10)21-22-24(18(3)4)20(27(11,12)13)28(14,15)16;/h17-20H,1-16H3;/q-1;+1. The van der Waals surface area contributed by atoms with Gasteiger partial charge in [0.05, 0.1) is 0 Å². The van der Waals surface area contributed by atoms with Crippen molar-refractivity contribution < 1.29 is 18.9 Å². The van der Waals surface area contributed by atoms with Gasteiger partial charge in [-0.1, -0.05) is 127 Å². The summed E-state index contributed by atoms with van der Waals surface area (Å²) >= 11 is 0. The predicted molar refractivity (Wildman–Crippen MR) is 154 cm³/mol. The molecule has 0 unspecified atom stereocenters. The Hall–Kier alpha value is 2.33. The molecule has 0 atom stereocenters. The smallest absolute Gasteiger partial charge is 0.468 e. The molecule has 0 spiro atoms. The van der Waals surface area contributed by atoms with Gasteiger partial charge in [0.2, 0.25) is 0 Å². The number of hydrogen-bond donors (Lipinski definition) is 0. The molecule has 9 heteroatoms. The van der Waals surface area contributed by atoms with Gasteiger partial charge in [0, 0.05) is 40.6 Å². The largest absolute Gasteiger partial charge is 1.00 e. The van der Waals surface area contributed by atoms with E-state index in [1.807, 2.05) is 0 Å². The first-order chi connectivity index (χ1) is 12.1. The van der Waals surface area contributed by atoms with Crippen molar-refractivity contribution in [2.75, 3.05) is 0 Å². The van der Waals surface area contributed by atoms with Gasteiger partial charge < -0.3 is 8.13 Å². The Morgan fingerprint density at radius 2 is 0.862 bits per heavy atom. The van der Waals surface area contributed by atoms with E-state index in [4.69, 9.17) is 0 Å². The van der Waals surface area contributed by atoms with Crippen molar-refractivity contribution in [1.82, 2.24) is 0 Å². The maximum absolute atomic E-state index is 2.69. The maximum Gasteiger partial charge on any atom is 1.00 e. The summed E-state index contributed by atoms with van der Waals surface area (Å²) in [6.07, 6.45) is 0. The fourth-order valence-electron chi connectivity index (χ4n) is 5.71. The van der Waals surface area contributed by atoms with Crippen LogP contribution in [0.25, 0.3) is 0 Å². The Balaban J connectivity index is 0. The molecule has 3 radical (unpaired) electrons. The van der Waals surface area contributed by atoms with Crippen LogP contribution in [0.2, 0.25) is 99.2 Å². The van der Waals surface area contributed by atoms with Gasteiger partial charge >= 0.3 is 18.9 Å². The minimum absolute atomic E-state index is 0. The second kappa shape index (κ2) is 12.2. The minimum atomic E-state index is -1.10. The van der Waals surface area contributed by atoms with Gasteiger partial charge in [-0.3, -0.25) is 8.13 Å². The van der Waals surface area contributed by atoms with Gasteiger partial charge in [-0.25, -0.2) is 0 Å². The molecule has 0 fully saturated rings. The molecule has 0 amide bonds. The predicted octanol–water partition coefficient (Wildman–Crippen LogP) is 4.37. The van der Waals surface area contributed by atoms with Crippen molar-refractivity contribution in [3.05, 3.63) is 0 Å². The van der Waals surface area contributed by atoms with E-state index in [-0.39, 0.29) is 35.5 Å². The van der Waals surface area contributed by atoms with E-state index in [2.05, 4.69) is 106 Å². The molecule has 0 aromatic rings. The monoisotopic (exact) mass is 523 g/mol. The van der Waals surface area contributed by atoms with Crippen molar-refractivity contribution in [3.8, 4) is 0 Å². The third kappa shape index (κ3) is 10.9. The molecule has 0 rings (SSSR count). The van der Waals surface area contributed by atoms with Crippen LogP contribution >= 0.6 is 0 Å². The van der Waals surface area contributed by atoms with Crippen LogP contribution in [-0.2, 0) is 0 Å². The maximum atomic E-state index is 2.69. The third-order valence-electron chi connectivity index (χ3n) is 5.68. The Morgan fingerprint density at radius 1 is 0.552 bits per heavy atom. The molecular weight excluding hydrogens is 472 g/mol. The van der Waals surface area contributed by atoms with Crippen molar-refractivity contribution >= 4 is 65.2 Å². The average Bonchev–Trinajstić information content (AvgIpc) is 2.34. The molecule has 0 N–H and O–H groups in total. The first-order valence-corrected chi connectivity index (χ1v) is 34.0. The quantitative estimate of drug-likeness (QED) is 0.373. The zero-order valence-corrected chi connectivity index (χ0v) is 31.3. The zero-order valence-electron chi connectivity index (χ0n) is 23.3. The molecule has 165 valence electrons. The normalized spacial score (nSPS) is 15.0. The van der Waals surface area contributed by atoms with Crippen LogP contribution in [0.1, 0.15) is 27.7 Å². The van der Waals surface area contributed by atoms with Crippen LogP contribution in [0.4, 0.5) is 0 Å². The summed E-state index contributed by atoms with van der Waals surface area (Å²) in [5.41, 5.74) is 1.93. The van der Waals surface area contributed by atoms with E-state index in [1.165, 1.54) is 25.8 Å². The molecule has 0 aromatic heterocycles. The third-order valence-corrected chi connectivity index (χ3v) is 62.0.